The molecule has 12 heavy (non-hydrogen) atoms. The fourth-order valence-electron chi connectivity index (χ4n) is 1.08. The molecule has 2 amide bonds. The van der Waals surface area contributed by atoms with Crippen molar-refractivity contribution in [1.29, 1.82) is 0 Å². The highest BCUT2D eigenvalue weighted by atomic mass is 16.1. The van der Waals surface area contributed by atoms with Gasteiger partial charge in [0, 0.05) is 5.70 Å². The van der Waals surface area contributed by atoms with Crippen molar-refractivity contribution < 1.29 is 9.59 Å². The van der Waals surface area contributed by atoms with Gasteiger partial charge in [-0.15, -0.1) is 0 Å². The van der Waals surface area contributed by atoms with Crippen LogP contribution in [-0.4, -0.2) is 12.8 Å². The summed E-state index contributed by atoms with van der Waals surface area (Å²) in [6, 6.07) is 0. The lowest BCUT2D eigenvalue weighted by Gasteiger charge is -2.13. The molecule has 64 valence electrons. The number of amides is 2. The number of nitrogens with one attached hydrogen (secondary N) is 2. The van der Waals surface area contributed by atoms with E-state index < -0.39 is 0 Å². The highest BCUT2D eigenvalue weighted by molar-refractivity contribution is 5.56. The van der Waals surface area contributed by atoms with Gasteiger partial charge in [0.2, 0.25) is 12.8 Å². The predicted octanol–water partition coefficient (Wildman–Crippen LogP) is 0.0400. The molecule has 4 heteroatoms. The van der Waals surface area contributed by atoms with E-state index in [1.807, 2.05) is 6.08 Å². The van der Waals surface area contributed by atoms with Crippen molar-refractivity contribution >= 4 is 12.8 Å². The third kappa shape index (κ3) is 1.95. The maximum Gasteiger partial charge on any atom is 0.211 e. The van der Waals surface area contributed by atoms with Crippen LogP contribution in [-0.2, 0) is 9.59 Å². The second-order valence-electron chi connectivity index (χ2n) is 2.36. The molecule has 0 spiro atoms. The Morgan fingerprint density at radius 3 is 2.67 bits per heavy atom. The quantitative estimate of drug-likeness (QED) is 0.579. The monoisotopic (exact) mass is 166 g/mol. The molecule has 0 unspecified atom stereocenters. The van der Waals surface area contributed by atoms with Crippen LogP contribution >= 0.6 is 0 Å². The molecule has 1 aliphatic carbocycles. The van der Waals surface area contributed by atoms with Crippen LogP contribution < -0.4 is 10.6 Å². The second-order valence-corrected chi connectivity index (χ2v) is 2.36. The smallest absolute Gasteiger partial charge is 0.211 e. The van der Waals surface area contributed by atoms with Gasteiger partial charge < -0.3 is 10.6 Å². The topological polar surface area (TPSA) is 58.2 Å². The maximum absolute atomic E-state index is 10.1. The fraction of sp³-hybridized carbons (Fsp3) is 0.250. The lowest BCUT2D eigenvalue weighted by atomic mass is 10.1. The summed E-state index contributed by atoms with van der Waals surface area (Å²) in [5.74, 6) is 0. The van der Waals surface area contributed by atoms with Gasteiger partial charge in [-0.05, 0) is 18.9 Å². The largest absolute Gasteiger partial charge is 0.330 e. The molecule has 0 aromatic rings. The van der Waals surface area contributed by atoms with Crippen LogP contribution in [0.25, 0.3) is 0 Å². The molecule has 0 heterocycles. The summed E-state index contributed by atoms with van der Waals surface area (Å²) in [6.07, 6.45) is 6.58. The Morgan fingerprint density at radius 2 is 2.00 bits per heavy atom. The molecule has 0 bridgehead atoms. The minimum atomic E-state index is 0.595. The summed E-state index contributed by atoms with van der Waals surface area (Å²) >= 11 is 0. The minimum absolute atomic E-state index is 0.595. The Morgan fingerprint density at radius 1 is 1.25 bits per heavy atom. The molecular weight excluding hydrogens is 156 g/mol. The van der Waals surface area contributed by atoms with Crippen LogP contribution in [0.4, 0.5) is 0 Å². The standard InChI is InChI=1S/C8H10N2O2/c11-5-9-7-3-1-2-4-8(7)10-6-12/h1,3,5-6H,2,4H2,(H,9,11)(H,10,12). The summed E-state index contributed by atoms with van der Waals surface area (Å²) in [7, 11) is 0. The van der Waals surface area contributed by atoms with Crippen LogP contribution in [0.3, 0.4) is 0 Å². The van der Waals surface area contributed by atoms with E-state index in [0.717, 1.165) is 18.5 Å². The van der Waals surface area contributed by atoms with Gasteiger partial charge in [-0.3, -0.25) is 9.59 Å². The van der Waals surface area contributed by atoms with Crippen LogP contribution in [0.15, 0.2) is 23.5 Å². The van der Waals surface area contributed by atoms with E-state index in [4.69, 9.17) is 0 Å². The van der Waals surface area contributed by atoms with Crippen LogP contribution in [0.5, 0.6) is 0 Å². The molecule has 1 rings (SSSR count). The number of carbonyl (C=O) groups excluding carboxylic acids is 2. The lowest BCUT2D eigenvalue weighted by Crippen LogP contribution is -2.21. The van der Waals surface area contributed by atoms with Crippen LogP contribution in [0, 0.1) is 0 Å². The van der Waals surface area contributed by atoms with E-state index in [0.29, 0.717) is 18.5 Å². The second kappa shape index (κ2) is 4.33. The van der Waals surface area contributed by atoms with Crippen molar-refractivity contribution in [3.05, 3.63) is 23.5 Å². The van der Waals surface area contributed by atoms with Gasteiger partial charge in [0.25, 0.3) is 0 Å². The van der Waals surface area contributed by atoms with E-state index in [1.54, 1.807) is 6.08 Å². The van der Waals surface area contributed by atoms with Gasteiger partial charge in [-0.1, -0.05) is 6.08 Å². The Kier molecular flexibility index (Phi) is 3.07. The Labute approximate surface area is 70.3 Å². The number of hydrogen-bond donors (Lipinski definition) is 2. The first-order chi connectivity index (χ1) is 5.88. The molecule has 2 N–H and O–H groups in total. The zero-order valence-corrected chi connectivity index (χ0v) is 6.54. The molecular formula is C8H10N2O2. The molecule has 0 saturated heterocycles. The Bertz CT molecular complexity index is 243. The minimum Gasteiger partial charge on any atom is -0.330 e. The number of hydrogen-bond acceptors (Lipinski definition) is 2. The van der Waals surface area contributed by atoms with Crippen molar-refractivity contribution in [3.63, 3.8) is 0 Å². The molecule has 0 fully saturated rings. The van der Waals surface area contributed by atoms with Gasteiger partial charge in [0.15, 0.2) is 0 Å². The van der Waals surface area contributed by atoms with Gasteiger partial charge in [0.05, 0.1) is 5.70 Å². The molecule has 0 radical (unpaired) electrons. The summed E-state index contributed by atoms with van der Waals surface area (Å²) in [5, 5.41) is 5.06. The average molecular weight is 166 g/mol. The van der Waals surface area contributed by atoms with E-state index >= 15 is 0 Å². The average Bonchev–Trinajstić information content (AvgIpc) is 2.09. The highest BCUT2D eigenvalue weighted by Gasteiger charge is 2.06. The molecule has 0 saturated carbocycles. The SMILES string of the molecule is O=CNC1=C(NC=O)CCC=C1. The van der Waals surface area contributed by atoms with Crippen LogP contribution in [0.1, 0.15) is 12.8 Å². The first-order valence-electron chi connectivity index (χ1n) is 3.68. The molecule has 1 aliphatic rings. The van der Waals surface area contributed by atoms with Gasteiger partial charge >= 0.3 is 0 Å². The first kappa shape index (κ1) is 8.52. The normalized spacial score (nSPS) is 15.7. The van der Waals surface area contributed by atoms with Crippen molar-refractivity contribution in [2.75, 3.05) is 0 Å². The van der Waals surface area contributed by atoms with Crippen molar-refractivity contribution in [2.45, 2.75) is 12.8 Å². The zero-order valence-electron chi connectivity index (χ0n) is 6.54. The zero-order chi connectivity index (χ0) is 8.81. The van der Waals surface area contributed by atoms with Crippen LogP contribution in [0.2, 0.25) is 0 Å². The van der Waals surface area contributed by atoms with Crippen molar-refractivity contribution in [1.82, 2.24) is 10.6 Å². The summed E-state index contributed by atoms with van der Waals surface area (Å²) < 4.78 is 0. The summed E-state index contributed by atoms with van der Waals surface area (Å²) in [6.45, 7) is 0. The van der Waals surface area contributed by atoms with E-state index in [-0.39, 0.29) is 0 Å². The first-order valence-corrected chi connectivity index (χ1v) is 3.68. The predicted molar refractivity (Wildman–Crippen MR) is 43.8 cm³/mol. The summed E-state index contributed by atoms with van der Waals surface area (Å²) in [4.78, 5) is 20.3. The Hall–Kier alpha value is -1.58. The number of carbonyl (C=O) groups is 2. The van der Waals surface area contributed by atoms with Gasteiger partial charge in [-0.2, -0.15) is 0 Å². The fourth-order valence-corrected chi connectivity index (χ4v) is 1.08. The number of rotatable bonds is 4. The van der Waals surface area contributed by atoms with E-state index in [2.05, 4.69) is 10.6 Å². The third-order valence-corrected chi connectivity index (χ3v) is 1.62. The van der Waals surface area contributed by atoms with Gasteiger partial charge in [0.1, 0.15) is 0 Å². The summed E-state index contributed by atoms with van der Waals surface area (Å²) in [5.41, 5.74) is 1.43. The third-order valence-electron chi connectivity index (χ3n) is 1.62. The molecule has 0 aromatic carbocycles. The molecule has 4 nitrogen and oxygen atoms in total. The van der Waals surface area contributed by atoms with Crippen molar-refractivity contribution in [2.24, 2.45) is 0 Å². The van der Waals surface area contributed by atoms with E-state index in [1.165, 1.54) is 0 Å². The van der Waals surface area contributed by atoms with E-state index in [9.17, 15) is 9.59 Å². The highest BCUT2D eigenvalue weighted by Crippen LogP contribution is 2.13. The molecule has 0 aliphatic heterocycles. The number of allylic oxidation sites excluding steroid dienone is 3. The molecule has 0 aromatic heterocycles. The van der Waals surface area contributed by atoms with Crippen molar-refractivity contribution in [3.8, 4) is 0 Å². The lowest BCUT2D eigenvalue weighted by molar-refractivity contribution is -0.110. The maximum atomic E-state index is 10.1. The van der Waals surface area contributed by atoms with Gasteiger partial charge in [-0.25, -0.2) is 0 Å². The molecule has 0 atom stereocenters. The Balaban J connectivity index is 2.75.